The predicted molar refractivity (Wildman–Crippen MR) is 196 cm³/mol. The van der Waals surface area contributed by atoms with Crippen molar-refractivity contribution in [2.75, 3.05) is 0 Å². The van der Waals surface area contributed by atoms with Gasteiger partial charge < -0.3 is 4.42 Å². The van der Waals surface area contributed by atoms with Crippen molar-refractivity contribution in [2.45, 2.75) is 19.1 Å². The van der Waals surface area contributed by atoms with Crippen LogP contribution in [0.4, 0.5) is 0 Å². The van der Waals surface area contributed by atoms with Crippen LogP contribution in [0.3, 0.4) is 0 Å². The van der Waals surface area contributed by atoms with Crippen LogP contribution in [0.5, 0.6) is 0 Å². The summed E-state index contributed by atoms with van der Waals surface area (Å²) < 4.78 is 181. The molecular formula is C43H28N2OS. The Labute approximate surface area is 303 Å². The summed E-state index contributed by atoms with van der Waals surface area (Å²) >= 11 is 0.997. The molecule has 1 aliphatic rings. The Morgan fingerprint density at radius 1 is 0.681 bits per heavy atom. The van der Waals surface area contributed by atoms with Gasteiger partial charge in [-0.2, -0.15) is 0 Å². The number of benzene rings is 6. The fourth-order valence-corrected chi connectivity index (χ4v) is 7.30. The number of thiophene rings is 1. The van der Waals surface area contributed by atoms with Crippen LogP contribution in [0.25, 0.3) is 86.9 Å². The molecule has 0 aliphatic heterocycles. The molecule has 9 aromatic rings. The lowest BCUT2D eigenvalue weighted by atomic mass is 9.81. The van der Waals surface area contributed by atoms with Gasteiger partial charge in [-0.3, -0.25) is 0 Å². The smallest absolute Gasteiger partial charge is 0.180 e. The van der Waals surface area contributed by atoms with E-state index in [-0.39, 0.29) is 78.7 Å². The zero-order valence-corrected chi connectivity index (χ0v) is 24.6. The van der Waals surface area contributed by atoms with Crippen LogP contribution < -0.4 is 0 Å². The van der Waals surface area contributed by atoms with Gasteiger partial charge in [0, 0.05) is 44.8 Å². The van der Waals surface area contributed by atoms with Crippen LogP contribution in [0.1, 0.15) is 52.2 Å². The van der Waals surface area contributed by atoms with Gasteiger partial charge >= 0.3 is 0 Å². The van der Waals surface area contributed by atoms with Crippen molar-refractivity contribution in [1.82, 2.24) is 9.97 Å². The normalized spacial score (nSPS) is 20.1. The zero-order valence-electron chi connectivity index (χ0n) is 43.8. The van der Waals surface area contributed by atoms with Crippen molar-refractivity contribution in [3.63, 3.8) is 0 Å². The Morgan fingerprint density at radius 3 is 2.47 bits per heavy atom. The van der Waals surface area contributed by atoms with Gasteiger partial charge in [-0.15, -0.1) is 11.3 Å². The summed E-state index contributed by atoms with van der Waals surface area (Å²) in [4.78, 5) is 8.98. The van der Waals surface area contributed by atoms with E-state index in [1.54, 1.807) is 24.3 Å². The third kappa shape index (κ3) is 3.85. The minimum absolute atomic E-state index is 0.0604. The van der Waals surface area contributed by atoms with E-state index in [0.29, 0.717) is 21.2 Å². The summed E-state index contributed by atoms with van der Waals surface area (Å²) in [7, 11) is 0. The Hall–Kier alpha value is -5.58. The number of fused-ring (bicyclic) bond motifs is 9. The molecule has 1 aliphatic carbocycles. The number of furan rings is 1. The molecule has 0 fully saturated rings. The van der Waals surface area contributed by atoms with Gasteiger partial charge in [-0.05, 0) is 74.8 Å². The number of hydrogen-bond donors (Lipinski definition) is 0. The van der Waals surface area contributed by atoms with E-state index in [2.05, 4.69) is 9.97 Å². The number of rotatable bonds is 3. The van der Waals surface area contributed by atoms with Gasteiger partial charge in [0.15, 0.2) is 5.58 Å². The Bertz CT molecular complexity index is 3730. The molecule has 0 radical (unpaired) electrons. The van der Waals surface area contributed by atoms with Gasteiger partial charge in [0.2, 0.25) is 0 Å². The van der Waals surface area contributed by atoms with E-state index >= 15 is 0 Å². The zero-order chi connectivity index (χ0) is 48.5. The summed E-state index contributed by atoms with van der Waals surface area (Å²) in [6.07, 6.45) is 1.25. The second-order valence-electron chi connectivity index (χ2n) is 11.1. The Kier molecular flexibility index (Phi) is 2.82. The molecule has 0 amide bonds. The van der Waals surface area contributed by atoms with E-state index in [4.69, 9.17) is 27.7 Å². The summed E-state index contributed by atoms with van der Waals surface area (Å²) in [6, 6.07) is 2.79. The van der Waals surface area contributed by atoms with Crippen molar-refractivity contribution < 1.29 is 31.8 Å². The molecule has 0 spiro atoms. The molecule has 0 saturated carbocycles. The molecule has 4 heteroatoms. The van der Waals surface area contributed by atoms with Crippen LogP contribution in [-0.2, 0) is 5.41 Å². The maximum absolute atomic E-state index is 9.54. The molecule has 0 unspecified atom stereocenters. The SMILES string of the molecule is [2H]c1c([2H])c([2H])c2c(c1[2H])-c1c([2H])c([2H])c(-c3ccc4oc5c(-c6cccc(-c7c([2H])c([2H])c([2H])c8c7sc7c([2H])c([2H])c([2H])c([2H])c78)c6)ncnc5c4c3)c([2H])c1C2(C([2H])([2H])[2H])C([2H])([2H])[2H]. The highest BCUT2D eigenvalue weighted by Gasteiger charge is 2.35. The van der Waals surface area contributed by atoms with E-state index in [9.17, 15) is 4.11 Å². The fraction of sp³-hybridized carbons (Fsp3) is 0.0698. The molecule has 0 saturated heterocycles. The van der Waals surface area contributed by atoms with Crippen molar-refractivity contribution >= 4 is 53.6 Å². The van der Waals surface area contributed by atoms with Gasteiger partial charge in [-0.25, -0.2) is 9.97 Å². The highest BCUT2D eigenvalue weighted by molar-refractivity contribution is 7.26. The fourth-order valence-electron chi connectivity index (χ4n) is 6.22. The molecule has 0 N–H and O–H groups in total. The minimum atomic E-state index is -3.56. The van der Waals surface area contributed by atoms with Crippen LogP contribution in [-0.4, -0.2) is 9.97 Å². The first-order valence-corrected chi connectivity index (χ1v) is 15.2. The van der Waals surface area contributed by atoms with Gasteiger partial charge in [-0.1, -0.05) is 110 Å². The molecule has 0 bridgehead atoms. The molecule has 222 valence electrons. The Morgan fingerprint density at radius 2 is 1.51 bits per heavy atom. The first-order valence-electron chi connectivity index (χ1n) is 24.3. The summed E-state index contributed by atoms with van der Waals surface area (Å²) in [5.41, 5.74) is -4.18. The average Bonchev–Trinajstić information content (AvgIpc) is 3.97. The lowest BCUT2D eigenvalue weighted by Gasteiger charge is -2.22. The van der Waals surface area contributed by atoms with E-state index < -0.39 is 102 Å². The largest absolute Gasteiger partial charge is 0.452 e. The maximum Gasteiger partial charge on any atom is 0.180 e. The highest BCUT2D eigenvalue weighted by Crippen LogP contribution is 2.50. The molecule has 10 rings (SSSR count). The number of hydrogen-bond acceptors (Lipinski definition) is 4. The summed E-state index contributed by atoms with van der Waals surface area (Å²) in [6.45, 7) is -7.13. The minimum Gasteiger partial charge on any atom is -0.452 e. The van der Waals surface area contributed by atoms with Crippen molar-refractivity contribution in [3.05, 3.63) is 145 Å². The number of nitrogens with zero attached hydrogens (tertiary/aromatic N) is 2. The van der Waals surface area contributed by atoms with E-state index in [1.807, 2.05) is 0 Å². The third-order valence-electron chi connectivity index (χ3n) is 8.40. The van der Waals surface area contributed by atoms with Crippen LogP contribution in [0, 0.1) is 0 Å². The third-order valence-corrected chi connectivity index (χ3v) is 9.52. The van der Waals surface area contributed by atoms with Gasteiger partial charge in [0.05, 0.1) is 19.2 Å². The molecule has 6 aromatic carbocycles. The summed E-state index contributed by atoms with van der Waals surface area (Å²) in [5, 5.41) is 0.518. The molecule has 3 heterocycles. The molecule has 0 atom stereocenters. The average molecular weight is 641 g/mol. The summed E-state index contributed by atoms with van der Waals surface area (Å²) in [5.74, 6) is 0. The molecule has 3 nitrogen and oxygen atoms in total. The topological polar surface area (TPSA) is 38.9 Å². The molecule has 47 heavy (non-hydrogen) atoms. The monoisotopic (exact) mass is 640 g/mol. The van der Waals surface area contributed by atoms with Crippen LogP contribution in [0.15, 0.2) is 138 Å². The van der Waals surface area contributed by atoms with Crippen molar-refractivity contribution in [1.29, 1.82) is 0 Å². The van der Waals surface area contributed by atoms with Gasteiger partial charge in [0.1, 0.15) is 23.1 Å². The second kappa shape index (κ2) is 9.71. The van der Waals surface area contributed by atoms with E-state index in [1.165, 1.54) is 24.5 Å². The standard InChI is InChI=1S/C43H28N2OS/c1-43(2)35-15-5-3-11-30(35)31-19-17-26(23-36(31)43)25-18-20-37-34(22-25)40-41(46-37)39(44-24-45-40)28-10-7-9-27(21-28)29-13-8-14-33-32-12-4-6-16-38(32)47-42(29)33/h3-24H,1-2H3/i1D3,2D3,3D,4D,5D,6D,8D,11D,12D,13D,14D,15D,16D,17D,19D,23D. The van der Waals surface area contributed by atoms with E-state index in [0.717, 1.165) is 11.3 Å². The lowest BCUT2D eigenvalue weighted by Crippen LogP contribution is -2.14. The highest BCUT2D eigenvalue weighted by atomic mass is 32.1. The molecular weight excluding hydrogens is 593 g/mol. The quantitative estimate of drug-likeness (QED) is 0.193. The maximum atomic E-state index is 9.54. The Balaban J connectivity index is 1.17. The van der Waals surface area contributed by atoms with Gasteiger partial charge in [0.25, 0.3) is 0 Å². The first-order chi connectivity index (χ1) is 31.4. The van der Waals surface area contributed by atoms with Crippen molar-refractivity contribution in [3.8, 4) is 44.6 Å². The molecule has 3 aromatic heterocycles. The van der Waals surface area contributed by atoms with Crippen LogP contribution in [0.2, 0.25) is 0 Å². The lowest BCUT2D eigenvalue weighted by molar-refractivity contribution is 0.660. The number of aromatic nitrogens is 2. The first kappa shape index (κ1) is 13.6. The second-order valence-corrected chi connectivity index (χ2v) is 12.1. The van der Waals surface area contributed by atoms with Crippen molar-refractivity contribution in [2.24, 2.45) is 0 Å². The predicted octanol–water partition coefficient (Wildman–Crippen LogP) is 12.1. The van der Waals surface area contributed by atoms with Crippen LogP contribution >= 0.6 is 11.3 Å².